The fraction of sp³-hybridized carbons (Fsp3) is 0.167. The van der Waals surface area contributed by atoms with Gasteiger partial charge in [0.1, 0.15) is 5.69 Å². The number of hydrogen-bond acceptors (Lipinski definition) is 2. The Morgan fingerprint density at radius 1 is 1.41 bits per heavy atom. The lowest BCUT2D eigenvalue weighted by molar-refractivity contribution is 0.0951. The number of amides is 1. The highest BCUT2D eigenvalue weighted by Crippen LogP contribution is 2.20. The van der Waals surface area contributed by atoms with Crippen molar-refractivity contribution >= 4 is 21.8 Å². The van der Waals surface area contributed by atoms with Crippen molar-refractivity contribution in [2.75, 3.05) is 6.54 Å². The molecule has 4 nitrogen and oxygen atoms in total. The van der Waals surface area contributed by atoms with E-state index < -0.39 is 0 Å². The van der Waals surface area contributed by atoms with Crippen molar-refractivity contribution in [3.63, 3.8) is 0 Å². The molecule has 0 bridgehead atoms. The van der Waals surface area contributed by atoms with Crippen LogP contribution in [0.2, 0.25) is 0 Å². The molecule has 2 aromatic rings. The van der Waals surface area contributed by atoms with Gasteiger partial charge in [-0.3, -0.25) is 9.89 Å². The van der Waals surface area contributed by atoms with Crippen molar-refractivity contribution in [2.24, 2.45) is 0 Å². The largest absolute Gasteiger partial charge is 0.351 e. The highest BCUT2D eigenvalue weighted by molar-refractivity contribution is 9.10. The molecule has 2 rings (SSSR count). The van der Waals surface area contributed by atoms with Crippen LogP contribution in [0.1, 0.15) is 17.4 Å². The molecule has 1 aromatic carbocycles. The first-order valence-corrected chi connectivity index (χ1v) is 6.09. The van der Waals surface area contributed by atoms with E-state index in [1.165, 1.54) is 0 Å². The van der Waals surface area contributed by atoms with Crippen LogP contribution in [-0.2, 0) is 0 Å². The van der Waals surface area contributed by atoms with Gasteiger partial charge >= 0.3 is 0 Å². The highest BCUT2D eigenvalue weighted by Gasteiger charge is 2.09. The second kappa shape index (κ2) is 5.14. The fourth-order valence-corrected chi connectivity index (χ4v) is 1.73. The van der Waals surface area contributed by atoms with Gasteiger partial charge in [-0.05, 0) is 25.1 Å². The molecule has 0 saturated heterocycles. The third-order valence-electron chi connectivity index (χ3n) is 2.30. The molecule has 0 spiro atoms. The third-order valence-corrected chi connectivity index (χ3v) is 2.83. The van der Waals surface area contributed by atoms with Crippen molar-refractivity contribution in [1.29, 1.82) is 0 Å². The second-order valence-electron chi connectivity index (χ2n) is 3.53. The molecule has 0 aliphatic rings. The van der Waals surface area contributed by atoms with Gasteiger partial charge in [0.25, 0.3) is 5.91 Å². The van der Waals surface area contributed by atoms with Gasteiger partial charge in [0.05, 0.1) is 5.69 Å². The van der Waals surface area contributed by atoms with E-state index in [2.05, 4.69) is 31.4 Å². The molecule has 88 valence electrons. The number of H-pyrrole nitrogens is 1. The van der Waals surface area contributed by atoms with Crippen LogP contribution < -0.4 is 5.32 Å². The number of carbonyl (C=O) groups excluding carboxylic acids is 1. The highest BCUT2D eigenvalue weighted by atomic mass is 79.9. The summed E-state index contributed by atoms with van der Waals surface area (Å²) in [5.74, 6) is -0.136. The first-order valence-electron chi connectivity index (χ1n) is 5.30. The zero-order chi connectivity index (χ0) is 12.3. The summed E-state index contributed by atoms with van der Waals surface area (Å²) in [6.45, 7) is 2.48. The van der Waals surface area contributed by atoms with Gasteiger partial charge in [-0.15, -0.1) is 0 Å². The van der Waals surface area contributed by atoms with Gasteiger partial charge in [0.15, 0.2) is 0 Å². The van der Waals surface area contributed by atoms with Gasteiger partial charge in [-0.1, -0.05) is 28.1 Å². The maximum atomic E-state index is 11.6. The molecular weight excluding hydrogens is 282 g/mol. The summed E-state index contributed by atoms with van der Waals surface area (Å²) in [4.78, 5) is 11.6. The van der Waals surface area contributed by atoms with E-state index in [0.717, 1.165) is 15.7 Å². The predicted molar refractivity (Wildman–Crippen MR) is 69.7 cm³/mol. The molecule has 0 aliphatic carbocycles. The van der Waals surface area contributed by atoms with Crippen LogP contribution in [0.25, 0.3) is 11.3 Å². The average Bonchev–Trinajstić information content (AvgIpc) is 2.80. The molecule has 1 aromatic heterocycles. The summed E-state index contributed by atoms with van der Waals surface area (Å²) in [7, 11) is 0. The average molecular weight is 294 g/mol. The lowest BCUT2D eigenvalue weighted by Crippen LogP contribution is -2.22. The van der Waals surface area contributed by atoms with Gasteiger partial charge in [-0.2, -0.15) is 5.10 Å². The van der Waals surface area contributed by atoms with E-state index >= 15 is 0 Å². The molecule has 2 N–H and O–H groups in total. The molecule has 0 atom stereocenters. The van der Waals surface area contributed by atoms with Crippen LogP contribution in [0.5, 0.6) is 0 Å². The Morgan fingerprint density at radius 3 is 2.76 bits per heavy atom. The van der Waals surface area contributed by atoms with Crippen molar-refractivity contribution in [3.8, 4) is 11.3 Å². The van der Waals surface area contributed by atoms with Crippen LogP contribution in [0.4, 0.5) is 0 Å². The Labute approximate surface area is 108 Å². The summed E-state index contributed by atoms with van der Waals surface area (Å²) in [5.41, 5.74) is 2.21. The fourth-order valence-electron chi connectivity index (χ4n) is 1.46. The Hall–Kier alpha value is -1.62. The lowest BCUT2D eigenvalue weighted by atomic mass is 10.1. The first-order chi connectivity index (χ1) is 8.20. The number of rotatable bonds is 3. The molecular formula is C12H12BrN3O. The topological polar surface area (TPSA) is 57.8 Å². The van der Waals surface area contributed by atoms with E-state index in [1.807, 2.05) is 31.2 Å². The van der Waals surface area contributed by atoms with Crippen LogP contribution in [0.3, 0.4) is 0 Å². The van der Waals surface area contributed by atoms with Gasteiger partial charge in [0, 0.05) is 16.6 Å². The standard InChI is InChI=1S/C12H12BrN3O/c1-2-14-12(17)11-7-10(15-16-11)8-3-5-9(13)6-4-8/h3-7H,2H2,1H3,(H,14,17)(H,15,16). The number of benzene rings is 1. The Bertz CT molecular complexity index is 519. The minimum atomic E-state index is -0.136. The van der Waals surface area contributed by atoms with E-state index in [9.17, 15) is 4.79 Å². The van der Waals surface area contributed by atoms with Crippen molar-refractivity contribution in [3.05, 3.63) is 40.5 Å². The molecule has 0 radical (unpaired) electrons. The van der Waals surface area contributed by atoms with E-state index in [1.54, 1.807) is 6.07 Å². The second-order valence-corrected chi connectivity index (χ2v) is 4.45. The quantitative estimate of drug-likeness (QED) is 0.914. The number of aromatic nitrogens is 2. The van der Waals surface area contributed by atoms with Crippen LogP contribution in [0.15, 0.2) is 34.8 Å². The predicted octanol–water partition coefficient (Wildman–Crippen LogP) is 2.59. The van der Waals surface area contributed by atoms with Crippen molar-refractivity contribution in [1.82, 2.24) is 15.5 Å². The van der Waals surface area contributed by atoms with Gasteiger partial charge < -0.3 is 5.32 Å². The minimum Gasteiger partial charge on any atom is -0.351 e. The van der Waals surface area contributed by atoms with E-state index in [-0.39, 0.29) is 5.91 Å². The minimum absolute atomic E-state index is 0.136. The van der Waals surface area contributed by atoms with E-state index in [4.69, 9.17) is 0 Å². The normalized spacial score (nSPS) is 10.2. The number of aromatic amines is 1. The zero-order valence-corrected chi connectivity index (χ0v) is 10.9. The maximum Gasteiger partial charge on any atom is 0.269 e. The molecule has 0 saturated carbocycles. The number of nitrogens with zero attached hydrogens (tertiary/aromatic N) is 1. The summed E-state index contributed by atoms with van der Waals surface area (Å²) in [5, 5.41) is 9.57. The summed E-state index contributed by atoms with van der Waals surface area (Å²) >= 11 is 3.37. The number of nitrogens with one attached hydrogen (secondary N) is 2. The number of hydrogen-bond donors (Lipinski definition) is 2. The molecule has 5 heteroatoms. The molecule has 1 amide bonds. The maximum absolute atomic E-state index is 11.6. The van der Waals surface area contributed by atoms with Gasteiger partial charge in [-0.25, -0.2) is 0 Å². The van der Waals surface area contributed by atoms with Crippen molar-refractivity contribution in [2.45, 2.75) is 6.92 Å². The molecule has 0 aliphatic heterocycles. The van der Waals surface area contributed by atoms with Crippen LogP contribution in [-0.4, -0.2) is 22.6 Å². The van der Waals surface area contributed by atoms with Crippen molar-refractivity contribution < 1.29 is 4.79 Å². The number of carbonyl (C=O) groups is 1. The van der Waals surface area contributed by atoms with Gasteiger partial charge in [0.2, 0.25) is 0 Å². The lowest BCUT2D eigenvalue weighted by Gasteiger charge is -1.96. The Balaban J connectivity index is 2.23. The third kappa shape index (κ3) is 2.74. The number of halogens is 1. The SMILES string of the molecule is CCNC(=O)c1cc(-c2ccc(Br)cc2)n[nH]1. The van der Waals surface area contributed by atoms with Crippen LogP contribution in [0, 0.1) is 0 Å². The summed E-state index contributed by atoms with van der Waals surface area (Å²) in [6.07, 6.45) is 0. The van der Waals surface area contributed by atoms with Crippen LogP contribution >= 0.6 is 15.9 Å². The molecule has 17 heavy (non-hydrogen) atoms. The summed E-state index contributed by atoms with van der Waals surface area (Å²) < 4.78 is 1.01. The monoisotopic (exact) mass is 293 g/mol. The van der Waals surface area contributed by atoms with E-state index in [0.29, 0.717) is 12.2 Å². The molecule has 0 fully saturated rings. The molecule has 0 unspecified atom stereocenters. The smallest absolute Gasteiger partial charge is 0.269 e. The zero-order valence-electron chi connectivity index (χ0n) is 9.33. The molecule has 1 heterocycles. The first kappa shape index (κ1) is 11.9. The Morgan fingerprint density at radius 2 is 2.12 bits per heavy atom. The summed E-state index contributed by atoms with van der Waals surface area (Å²) in [6, 6.07) is 9.52. The Kier molecular flexibility index (Phi) is 3.58.